The number of thioether (sulfide) groups is 1. The molecule has 3 heteroatoms. The Morgan fingerprint density at radius 3 is 2.29 bits per heavy atom. The van der Waals surface area contributed by atoms with Crippen LogP contribution in [0.5, 0.6) is 0 Å². The van der Waals surface area contributed by atoms with E-state index in [1.54, 1.807) is 0 Å². The Morgan fingerprint density at radius 1 is 0.917 bits per heavy atom. The molecule has 126 valence electrons. The maximum Gasteiger partial charge on any atom is 0.330 e. The summed E-state index contributed by atoms with van der Waals surface area (Å²) in [7, 11) is 0. The lowest BCUT2D eigenvalue weighted by Gasteiger charge is -2.05. The number of unbranched alkanes of at least 4 members (excludes halogenated alkanes) is 3. The third kappa shape index (κ3) is 6.63. The molecule has 0 atom stereocenters. The lowest BCUT2D eigenvalue weighted by atomic mass is 10.1. The zero-order valence-electron chi connectivity index (χ0n) is 13.9. The van der Waals surface area contributed by atoms with Gasteiger partial charge in [0.15, 0.2) is 0 Å². The van der Waals surface area contributed by atoms with Crippen LogP contribution in [0.25, 0.3) is 11.1 Å². The average Bonchev–Trinajstić information content (AvgIpc) is 2.65. The molecule has 0 fully saturated rings. The van der Waals surface area contributed by atoms with Gasteiger partial charge in [-0.2, -0.15) is 0 Å². The summed E-state index contributed by atoms with van der Waals surface area (Å²) >= 11 is 1.90. The molecular formula is C21H24O2S. The Bertz CT molecular complexity index is 620. The van der Waals surface area contributed by atoms with Crippen molar-refractivity contribution in [3.63, 3.8) is 0 Å². The molecule has 0 unspecified atom stereocenters. The van der Waals surface area contributed by atoms with Gasteiger partial charge in [0.1, 0.15) is 0 Å². The predicted octanol–water partition coefficient (Wildman–Crippen LogP) is 5.74. The first-order chi connectivity index (χ1) is 11.8. The van der Waals surface area contributed by atoms with Crippen molar-refractivity contribution in [3.8, 4) is 11.1 Å². The summed E-state index contributed by atoms with van der Waals surface area (Å²) in [5.41, 5.74) is 2.51. The highest BCUT2D eigenvalue weighted by atomic mass is 32.2. The molecule has 2 nitrogen and oxygen atoms in total. The van der Waals surface area contributed by atoms with Crippen LogP contribution in [-0.4, -0.2) is 18.3 Å². The first-order valence-electron chi connectivity index (χ1n) is 8.37. The van der Waals surface area contributed by atoms with E-state index in [4.69, 9.17) is 4.74 Å². The van der Waals surface area contributed by atoms with Crippen LogP contribution >= 0.6 is 11.8 Å². The third-order valence-corrected chi connectivity index (χ3v) is 4.78. The molecule has 2 rings (SSSR count). The van der Waals surface area contributed by atoms with Crippen molar-refractivity contribution >= 4 is 17.7 Å². The van der Waals surface area contributed by atoms with Crippen LogP contribution in [0.4, 0.5) is 0 Å². The van der Waals surface area contributed by atoms with Gasteiger partial charge in [0.25, 0.3) is 0 Å². The molecule has 0 aliphatic heterocycles. The molecule has 2 aromatic carbocycles. The van der Waals surface area contributed by atoms with E-state index >= 15 is 0 Å². The van der Waals surface area contributed by atoms with Crippen LogP contribution in [0.2, 0.25) is 0 Å². The van der Waals surface area contributed by atoms with Gasteiger partial charge in [-0.15, -0.1) is 11.8 Å². The van der Waals surface area contributed by atoms with Gasteiger partial charge in [-0.3, -0.25) is 0 Å². The van der Waals surface area contributed by atoms with E-state index in [0.29, 0.717) is 6.61 Å². The van der Waals surface area contributed by atoms with Crippen molar-refractivity contribution in [2.75, 3.05) is 12.4 Å². The second-order valence-corrected chi connectivity index (χ2v) is 6.69. The maximum absolute atomic E-state index is 10.9. The van der Waals surface area contributed by atoms with Gasteiger partial charge < -0.3 is 4.74 Å². The maximum atomic E-state index is 10.9. The third-order valence-electron chi connectivity index (χ3n) is 3.68. The molecule has 0 heterocycles. The van der Waals surface area contributed by atoms with Crippen molar-refractivity contribution in [2.24, 2.45) is 0 Å². The second-order valence-electron chi connectivity index (χ2n) is 5.52. The van der Waals surface area contributed by atoms with Gasteiger partial charge in [0, 0.05) is 11.0 Å². The molecule has 0 saturated heterocycles. The SMILES string of the molecule is C=CC(=O)OCCCCCCSc1ccc(-c2ccccc2)cc1. The van der Waals surface area contributed by atoms with Crippen molar-refractivity contribution in [1.29, 1.82) is 0 Å². The number of hydrogen-bond acceptors (Lipinski definition) is 3. The highest BCUT2D eigenvalue weighted by Crippen LogP contribution is 2.24. The zero-order valence-corrected chi connectivity index (χ0v) is 14.8. The summed E-state index contributed by atoms with van der Waals surface area (Å²) in [6, 6.07) is 19.2. The van der Waals surface area contributed by atoms with Gasteiger partial charge in [0.05, 0.1) is 6.61 Å². The Hall–Kier alpha value is -2.00. The number of carbonyl (C=O) groups is 1. The number of benzene rings is 2. The standard InChI is InChI=1S/C21H24O2S/c1-2-21(22)23-16-8-3-4-9-17-24-20-14-12-19(13-15-20)18-10-6-5-7-11-18/h2,5-7,10-15H,1,3-4,8-9,16-17H2. The van der Waals surface area contributed by atoms with Gasteiger partial charge in [-0.25, -0.2) is 4.79 Å². The van der Waals surface area contributed by atoms with Crippen LogP contribution in [0.15, 0.2) is 72.1 Å². The Balaban J connectivity index is 1.60. The first kappa shape index (κ1) is 18.3. The van der Waals surface area contributed by atoms with Crippen LogP contribution in [0.3, 0.4) is 0 Å². The van der Waals surface area contributed by atoms with E-state index < -0.39 is 0 Å². The summed E-state index contributed by atoms with van der Waals surface area (Å²) in [6.45, 7) is 3.87. The van der Waals surface area contributed by atoms with Crippen molar-refractivity contribution in [1.82, 2.24) is 0 Å². The predicted molar refractivity (Wildman–Crippen MR) is 102 cm³/mol. The van der Waals surface area contributed by atoms with E-state index in [2.05, 4.69) is 55.1 Å². The molecule has 0 spiro atoms. The number of hydrogen-bond donors (Lipinski definition) is 0. The van der Waals surface area contributed by atoms with Crippen LogP contribution in [-0.2, 0) is 9.53 Å². The highest BCUT2D eigenvalue weighted by molar-refractivity contribution is 7.99. The molecular weight excluding hydrogens is 316 g/mol. The van der Waals surface area contributed by atoms with E-state index in [1.807, 2.05) is 17.8 Å². The number of rotatable bonds is 10. The molecule has 24 heavy (non-hydrogen) atoms. The molecule has 0 N–H and O–H groups in total. The summed E-state index contributed by atoms with van der Waals surface area (Å²) < 4.78 is 4.95. The molecule has 0 radical (unpaired) electrons. The van der Waals surface area contributed by atoms with Gasteiger partial charge in [-0.05, 0) is 41.9 Å². The Labute approximate surface area is 148 Å². The fraction of sp³-hybridized carbons (Fsp3) is 0.286. The van der Waals surface area contributed by atoms with Crippen molar-refractivity contribution in [3.05, 3.63) is 67.3 Å². The molecule has 0 aromatic heterocycles. The molecule has 0 bridgehead atoms. The Morgan fingerprint density at radius 2 is 1.58 bits per heavy atom. The minimum Gasteiger partial charge on any atom is -0.463 e. The van der Waals surface area contributed by atoms with E-state index in [-0.39, 0.29) is 5.97 Å². The van der Waals surface area contributed by atoms with Gasteiger partial charge in [-0.1, -0.05) is 61.9 Å². The molecule has 0 aliphatic rings. The minimum atomic E-state index is -0.329. The zero-order chi connectivity index (χ0) is 17.0. The second kappa shape index (κ2) is 10.7. The number of ether oxygens (including phenoxy) is 1. The summed E-state index contributed by atoms with van der Waals surface area (Å²) in [4.78, 5) is 12.2. The molecule has 0 amide bonds. The number of carbonyl (C=O) groups excluding carboxylic acids is 1. The van der Waals surface area contributed by atoms with Gasteiger partial charge >= 0.3 is 5.97 Å². The summed E-state index contributed by atoms with van der Waals surface area (Å²) in [6.07, 6.45) is 5.58. The van der Waals surface area contributed by atoms with Crippen molar-refractivity contribution in [2.45, 2.75) is 30.6 Å². The fourth-order valence-corrected chi connectivity index (χ4v) is 3.27. The van der Waals surface area contributed by atoms with E-state index in [0.717, 1.165) is 18.6 Å². The lowest BCUT2D eigenvalue weighted by Crippen LogP contribution is -2.01. The quantitative estimate of drug-likeness (QED) is 0.239. The molecule has 0 aliphatic carbocycles. The fourth-order valence-electron chi connectivity index (χ4n) is 2.35. The average molecular weight is 340 g/mol. The topological polar surface area (TPSA) is 26.3 Å². The van der Waals surface area contributed by atoms with E-state index in [9.17, 15) is 4.79 Å². The first-order valence-corrected chi connectivity index (χ1v) is 9.35. The molecule has 0 saturated carbocycles. The van der Waals surface area contributed by atoms with Crippen LogP contribution in [0, 0.1) is 0 Å². The van der Waals surface area contributed by atoms with Crippen LogP contribution < -0.4 is 0 Å². The monoisotopic (exact) mass is 340 g/mol. The summed E-state index contributed by atoms with van der Waals surface area (Å²) in [5.74, 6) is 0.793. The largest absolute Gasteiger partial charge is 0.463 e. The van der Waals surface area contributed by atoms with E-state index in [1.165, 1.54) is 34.9 Å². The van der Waals surface area contributed by atoms with Crippen LogP contribution in [0.1, 0.15) is 25.7 Å². The van der Waals surface area contributed by atoms with Gasteiger partial charge in [0.2, 0.25) is 0 Å². The van der Waals surface area contributed by atoms with Crippen molar-refractivity contribution < 1.29 is 9.53 Å². The lowest BCUT2D eigenvalue weighted by molar-refractivity contribution is -0.137. The number of esters is 1. The molecule has 2 aromatic rings. The highest BCUT2D eigenvalue weighted by Gasteiger charge is 1.99. The normalized spacial score (nSPS) is 10.3. The minimum absolute atomic E-state index is 0.329. The summed E-state index contributed by atoms with van der Waals surface area (Å²) in [5, 5.41) is 0. The smallest absolute Gasteiger partial charge is 0.330 e. The Kier molecular flexibility index (Phi) is 8.19.